The van der Waals surface area contributed by atoms with Crippen LogP contribution in [0, 0.1) is 6.92 Å². The zero-order valence-corrected chi connectivity index (χ0v) is 12.9. The average molecular weight is 292 g/mol. The molecule has 2 heterocycles. The van der Waals surface area contributed by atoms with Crippen molar-refractivity contribution in [1.29, 1.82) is 0 Å². The van der Waals surface area contributed by atoms with Crippen molar-refractivity contribution in [3.05, 3.63) is 34.9 Å². The molecule has 2 rings (SSSR count). The fourth-order valence-electron chi connectivity index (χ4n) is 2.12. The van der Waals surface area contributed by atoms with E-state index in [1.807, 2.05) is 0 Å². The number of ether oxygens (including phenoxy) is 1. The van der Waals surface area contributed by atoms with Crippen LogP contribution in [-0.4, -0.2) is 17.6 Å². The average Bonchev–Trinajstić information content (AvgIpc) is 2.72. The molecule has 0 spiro atoms. The summed E-state index contributed by atoms with van der Waals surface area (Å²) in [7, 11) is 0. The summed E-state index contributed by atoms with van der Waals surface area (Å²) in [5.74, 6) is 0.730. The molecular formula is C15H20N2O4. The first-order valence-electron chi connectivity index (χ1n) is 6.75. The van der Waals surface area contributed by atoms with Gasteiger partial charge in [0.25, 0.3) is 0 Å². The third-order valence-electron chi connectivity index (χ3n) is 2.93. The molecular weight excluding hydrogens is 272 g/mol. The summed E-state index contributed by atoms with van der Waals surface area (Å²) in [4.78, 5) is 24.1. The Morgan fingerprint density at radius 2 is 1.95 bits per heavy atom. The summed E-state index contributed by atoms with van der Waals surface area (Å²) >= 11 is 0. The molecule has 0 saturated heterocycles. The molecule has 114 valence electrons. The molecule has 2 N–H and O–H groups in total. The van der Waals surface area contributed by atoms with Crippen molar-refractivity contribution in [3.63, 3.8) is 0 Å². The molecule has 0 bridgehead atoms. The Labute approximate surface area is 123 Å². The van der Waals surface area contributed by atoms with Crippen LogP contribution in [0.2, 0.25) is 0 Å². The van der Waals surface area contributed by atoms with E-state index in [-0.39, 0.29) is 6.03 Å². The second-order valence-electron chi connectivity index (χ2n) is 6.02. The van der Waals surface area contributed by atoms with Crippen LogP contribution in [0.3, 0.4) is 0 Å². The van der Waals surface area contributed by atoms with E-state index in [0.717, 1.165) is 0 Å². The first kappa shape index (κ1) is 15.2. The molecule has 1 atom stereocenters. The van der Waals surface area contributed by atoms with Gasteiger partial charge in [0, 0.05) is 5.70 Å². The molecule has 0 radical (unpaired) electrons. The number of hydrogen-bond donors (Lipinski definition) is 2. The van der Waals surface area contributed by atoms with Gasteiger partial charge in [0.15, 0.2) is 0 Å². The van der Waals surface area contributed by atoms with E-state index in [1.165, 1.54) is 0 Å². The van der Waals surface area contributed by atoms with E-state index in [1.54, 1.807) is 46.8 Å². The molecule has 0 saturated carbocycles. The van der Waals surface area contributed by atoms with Crippen molar-refractivity contribution in [2.75, 3.05) is 0 Å². The van der Waals surface area contributed by atoms with Gasteiger partial charge in [-0.15, -0.1) is 0 Å². The Morgan fingerprint density at radius 3 is 2.48 bits per heavy atom. The van der Waals surface area contributed by atoms with Crippen molar-refractivity contribution < 1.29 is 18.7 Å². The molecule has 0 fully saturated rings. The van der Waals surface area contributed by atoms with Gasteiger partial charge in [-0.1, -0.05) is 0 Å². The van der Waals surface area contributed by atoms with Crippen LogP contribution in [0.25, 0.3) is 0 Å². The van der Waals surface area contributed by atoms with Crippen LogP contribution in [-0.2, 0) is 9.53 Å². The highest BCUT2D eigenvalue weighted by Crippen LogP contribution is 2.29. The quantitative estimate of drug-likeness (QED) is 0.821. The van der Waals surface area contributed by atoms with Gasteiger partial charge >= 0.3 is 12.0 Å². The predicted octanol–water partition coefficient (Wildman–Crippen LogP) is 2.56. The molecule has 1 aromatic heterocycles. The summed E-state index contributed by atoms with van der Waals surface area (Å²) in [5, 5.41) is 5.28. The van der Waals surface area contributed by atoms with Gasteiger partial charge in [-0.25, -0.2) is 9.59 Å². The van der Waals surface area contributed by atoms with E-state index in [9.17, 15) is 9.59 Å². The predicted molar refractivity (Wildman–Crippen MR) is 76.4 cm³/mol. The van der Waals surface area contributed by atoms with E-state index in [0.29, 0.717) is 22.8 Å². The van der Waals surface area contributed by atoms with Crippen molar-refractivity contribution in [2.24, 2.45) is 0 Å². The van der Waals surface area contributed by atoms with E-state index < -0.39 is 17.6 Å². The smallest absolute Gasteiger partial charge is 0.338 e. The third kappa shape index (κ3) is 3.45. The number of esters is 1. The van der Waals surface area contributed by atoms with Crippen LogP contribution in [0.4, 0.5) is 4.79 Å². The highest BCUT2D eigenvalue weighted by molar-refractivity contribution is 5.95. The number of aryl methyl sites for hydroxylation is 1. The fourth-order valence-corrected chi connectivity index (χ4v) is 2.12. The van der Waals surface area contributed by atoms with Gasteiger partial charge in [-0.3, -0.25) is 0 Å². The Bertz CT molecular complexity index is 607. The molecule has 1 aliphatic heterocycles. The maximum absolute atomic E-state index is 12.4. The molecule has 1 unspecified atom stereocenters. The van der Waals surface area contributed by atoms with Crippen LogP contribution < -0.4 is 10.6 Å². The molecule has 1 aliphatic rings. The lowest BCUT2D eigenvalue weighted by molar-refractivity contribution is -0.150. The molecule has 6 heteroatoms. The number of carbonyl (C=O) groups excluding carboxylic acids is 2. The highest BCUT2D eigenvalue weighted by Gasteiger charge is 2.35. The Hall–Kier alpha value is -2.24. The lowest BCUT2D eigenvalue weighted by atomic mass is 10.0. The minimum Gasteiger partial charge on any atom is -0.464 e. The van der Waals surface area contributed by atoms with E-state index in [4.69, 9.17) is 9.15 Å². The zero-order chi connectivity index (χ0) is 15.8. The first-order chi connectivity index (χ1) is 9.67. The number of urea groups is 1. The number of rotatable bonds is 2. The van der Waals surface area contributed by atoms with Gasteiger partial charge in [-0.2, -0.15) is 0 Å². The molecule has 0 aliphatic carbocycles. The molecule has 21 heavy (non-hydrogen) atoms. The molecule has 0 aromatic carbocycles. The van der Waals surface area contributed by atoms with E-state index in [2.05, 4.69) is 10.6 Å². The van der Waals surface area contributed by atoms with Gasteiger partial charge in [-0.05, 0) is 46.8 Å². The van der Waals surface area contributed by atoms with Crippen LogP contribution in [0.15, 0.2) is 27.8 Å². The summed E-state index contributed by atoms with van der Waals surface area (Å²) < 4.78 is 11.0. The normalized spacial score (nSPS) is 19.1. The lowest BCUT2D eigenvalue weighted by Gasteiger charge is -2.29. The summed E-state index contributed by atoms with van der Waals surface area (Å²) in [5.41, 5.74) is 0.195. The number of carbonyl (C=O) groups is 2. The van der Waals surface area contributed by atoms with Crippen molar-refractivity contribution in [3.8, 4) is 0 Å². The number of amides is 2. The maximum Gasteiger partial charge on any atom is 0.338 e. The summed E-state index contributed by atoms with van der Waals surface area (Å²) in [6.07, 6.45) is 0. The Balaban J connectivity index is 2.39. The monoisotopic (exact) mass is 292 g/mol. The minimum atomic E-state index is -0.651. The largest absolute Gasteiger partial charge is 0.464 e. The number of furan rings is 1. The second-order valence-corrected chi connectivity index (χ2v) is 6.02. The van der Waals surface area contributed by atoms with Crippen molar-refractivity contribution in [2.45, 2.75) is 46.3 Å². The van der Waals surface area contributed by atoms with Gasteiger partial charge in [0.2, 0.25) is 0 Å². The number of allylic oxidation sites excluding steroid dienone is 1. The highest BCUT2D eigenvalue weighted by atomic mass is 16.6. The fraction of sp³-hybridized carbons (Fsp3) is 0.467. The Morgan fingerprint density at radius 1 is 1.29 bits per heavy atom. The number of hydrogen-bond acceptors (Lipinski definition) is 4. The molecule has 2 amide bonds. The SMILES string of the molecule is CC1=C(C(=O)OC(C)(C)C)C(c2ccc(C)o2)NC(=O)N1. The van der Waals surface area contributed by atoms with Crippen LogP contribution >= 0.6 is 0 Å². The van der Waals surface area contributed by atoms with E-state index >= 15 is 0 Å². The zero-order valence-electron chi connectivity index (χ0n) is 12.9. The van der Waals surface area contributed by atoms with Crippen molar-refractivity contribution in [1.82, 2.24) is 10.6 Å². The minimum absolute atomic E-state index is 0.346. The maximum atomic E-state index is 12.4. The van der Waals surface area contributed by atoms with Gasteiger partial charge in [0.1, 0.15) is 23.2 Å². The van der Waals surface area contributed by atoms with Gasteiger partial charge < -0.3 is 19.8 Å². The van der Waals surface area contributed by atoms with Crippen LogP contribution in [0.1, 0.15) is 45.3 Å². The summed E-state index contributed by atoms with van der Waals surface area (Å²) in [6, 6.07) is 2.50. The Kier molecular flexibility index (Phi) is 3.80. The van der Waals surface area contributed by atoms with Crippen LogP contribution in [0.5, 0.6) is 0 Å². The summed E-state index contributed by atoms with van der Waals surface area (Å²) in [6.45, 7) is 8.85. The lowest BCUT2D eigenvalue weighted by Crippen LogP contribution is -2.45. The third-order valence-corrected chi connectivity index (χ3v) is 2.93. The second kappa shape index (κ2) is 5.27. The first-order valence-corrected chi connectivity index (χ1v) is 6.75. The topological polar surface area (TPSA) is 80.6 Å². The van der Waals surface area contributed by atoms with Gasteiger partial charge in [0.05, 0.1) is 5.57 Å². The molecule has 1 aromatic rings. The number of nitrogens with one attached hydrogen (secondary N) is 2. The standard InChI is InChI=1S/C15H20N2O4/c1-8-6-7-10(20-8)12-11(9(2)16-14(19)17-12)13(18)21-15(3,4)5/h6-7,12H,1-5H3,(H2,16,17,19). The molecule has 6 nitrogen and oxygen atoms in total. The van der Waals surface area contributed by atoms with Crippen molar-refractivity contribution >= 4 is 12.0 Å².